The normalized spacial score (nSPS) is 22.7. The molecule has 14 nitrogen and oxygen atoms in total. The van der Waals surface area contributed by atoms with Crippen LogP contribution in [0.5, 0.6) is 0 Å². The Morgan fingerprint density at radius 2 is 1.67 bits per heavy atom. The number of hydrogen-bond acceptors (Lipinski definition) is 10. The predicted octanol–water partition coefficient (Wildman–Crippen LogP) is 5.18. The number of fused-ring (bicyclic) bond motifs is 2. The summed E-state index contributed by atoms with van der Waals surface area (Å²) in [4.78, 5) is 67.9. The average molecular weight is 827 g/mol. The minimum atomic E-state index is -0.619. The SMILES string of the molecule is C[C@@H]1CN(c2ccc(C#N)c3ncccc23)[C@@H](C)CN1C(=O)Nc1ccc(N2CCC(CN3CCN(c4ccc5c(c4)CN([C@H]4CCC(=O)NC4=O)C5=O)CC3)CC2)c(F)c1. The van der Waals surface area contributed by atoms with E-state index < -0.39 is 11.9 Å². The molecule has 4 fully saturated rings. The van der Waals surface area contributed by atoms with E-state index in [0.717, 1.165) is 81.0 Å². The number of imide groups is 1. The summed E-state index contributed by atoms with van der Waals surface area (Å²) in [6.45, 7) is 11.7. The fourth-order valence-corrected chi connectivity index (χ4v) is 9.95. The van der Waals surface area contributed by atoms with Gasteiger partial charge in [0.15, 0.2) is 0 Å². The summed E-state index contributed by atoms with van der Waals surface area (Å²) < 4.78 is 15.7. The van der Waals surface area contributed by atoms with Gasteiger partial charge in [0.25, 0.3) is 5.91 Å². The standard InChI is InChI=1S/C46H51FN10O4/c1-29-26-56(30(2)25-55(29)39-9-5-32(24-48)43-37(39)4-3-15-49-43)46(61)50-34-6-10-40(38(47)23-34)54-16-13-31(14-17-54)27-52-18-20-53(21-19-52)35-7-8-36-33(22-35)28-57(45(36)60)41-11-12-42(58)51-44(41)59/h3-10,15,22-23,29-31,41H,11-14,16-21,25-28H2,1-2H3,(H,50,61)(H,51,58,59)/t29-,30+,41-/m0/s1. The summed E-state index contributed by atoms with van der Waals surface area (Å²) in [6.07, 6.45) is 4.22. The van der Waals surface area contributed by atoms with E-state index >= 15 is 4.39 Å². The Bertz CT molecular complexity index is 2420. The Hall–Kier alpha value is -6.27. The number of nitrogens with one attached hydrogen (secondary N) is 2. The topological polar surface area (TPSA) is 148 Å². The predicted molar refractivity (Wildman–Crippen MR) is 231 cm³/mol. The molecule has 0 saturated carbocycles. The van der Waals surface area contributed by atoms with Crippen LogP contribution in [0, 0.1) is 23.1 Å². The molecule has 5 amide bonds. The molecule has 5 aliphatic heterocycles. The molecule has 0 spiro atoms. The number of hydrogen-bond donors (Lipinski definition) is 2. The molecule has 5 aliphatic rings. The van der Waals surface area contributed by atoms with E-state index in [9.17, 15) is 24.4 Å². The van der Waals surface area contributed by atoms with Crippen LogP contribution >= 0.6 is 0 Å². The summed E-state index contributed by atoms with van der Waals surface area (Å²) >= 11 is 0. The highest BCUT2D eigenvalue weighted by Crippen LogP contribution is 2.34. The van der Waals surface area contributed by atoms with E-state index in [1.165, 1.54) is 6.07 Å². The molecule has 9 rings (SSSR count). The van der Waals surface area contributed by atoms with Crippen molar-refractivity contribution >= 4 is 57.4 Å². The molecule has 3 atom stereocenters. The third-order valence-corrected chi connectivity index (χ3v) is 13.3. The molecule has 316 valence electrons. The fraction of sp³-hybridized carbons (Fsp3) is 0.435. The first kappa shape index (κ1) is 40.2. The van der Waals surface area contributed by atoms with Crippen molar-refractivity contribution in [1.82, 2.24) is 25.0 Å². The molecule has 4 saturated heterocycles. The second-order valence-corrected chi connectivity index (χ2v) is 17.2. The van der Waals surface area contributed by atoms with Crippen LogP contribution in [0.2, 0.25) is 0 Å². The zero-order valence-corrected chi connectivity index (χ0v) is 34.6. The fourth-order valence-electron chi connectivity index (χ4n) is 9.95. The molecule has 15 heteroatoms. The minimum Gasteiger partial charge on any atom is -0.369 e. The van der Waals surface area contributed by atoms with E-state index in [-0.39, 0.29) is 42.2 Å². The van der Waals surface area contributed by atoms with Gasteiger partial charge in [-0.2, -0.15) is 5.26 Å². The Balaban J connectivity index is 0.735. The molecule has 6 heterocycles. The number of halogens is 1. The van der Waals surface area contributed by atoms with E-state index in [2.05, 4.69) is 54.3 Å². The smallest absolute Gasteiger partial charge is 0.322 e. The van der Waals surface area contributed by atoms with Gasteiger partial charge in [0.05, 0.1) is 16.8 Å². The largest absolute Gasteiger partial charge is 0.369 e. The average Bonchev–Trinajstić information content (AvgIpc) is 3.59. The summed E-state index contributed by atoms with van der Waals surface area (Å²) in [5, 5.41) is 15.8. The maximum absolute atomic E-state index is 15.7. The number of piperazine rings is 2. The number of carbonyl (C=O) groups is 4. The Morgan fingerprint density at radius 1 is 0.885 bits per heavy atom. The van der Waals surface area contributed by atoms with Crippen molar-refractivity contribution < 1.29 is 23.6 Å². The Morgan fingerprint density at radius 3 is 2.43 bits per heavy atom. The van der Waals surface area contributed by atoms with Crippen LogP contribution < -0.4 is 25.3 Å². The van der Waals surface area contributed by atoms with E-state index in [1.807, 2.05) is 37.3 Å². The molecular formula is C46H51FN10O4. The number of amides is 5. The zero-order chi connectivity index (χ0) is 42.4. The highest BCUT2D eigenvalue weighted by atomic mass is 19.1. The lowest BCUT2D eigenvalue weighted by molar-refractivity contribution is -0.136. The molecule has 0 aliphatic carbocycles. The van der Waals surface area contributed by atoms with Crippen molar-refractivity contribution in [3.05, 3.63) is 89.4 Å². The Labute approximate surface area is 354 Å². The number of pyridine rings is 1. The number of rotatable bonds is 7. The third kappa shape index (κ3) is 7.92. The van der Waals surface area contributed by atoms with Crippen LogP contribution in [0.25, 0.3) is 10.9 Å². The van der Waals surface area contributed by atoms with Gasteiger partial charge >= 0.3 is 6.03 Å². The van der Waals surface area contributed by atoms with Crippen LogP contribution in [-0.2, 0) is 16.1 Å². The van der Waals surface area contributed by atoms with Crippen molar-refractivity contribution in [3.8, 4) is 6.07 Å². The number of piperidine rings is 2. The minimum absolute atomic E-state index is 0.00241. The number of aromatic nitrogens is 1. The molecule has 0 radical (unpaired) electrons. The second kappa shape index (κ2) is 16.6. The van der Waals surface area contributed by atoms with Gasteiger partial charge in [0, 0.05) is 118 Å². The van der Waals surface area contributed by atoms with Crippen LogP contribution in [-0.4, -0.2) is 120 Å². The first-order valence-corrected chi connectivity index (χ1v) is 21.5. The van der Waals surface area contributed by atoms with E-state index in [1.54, 1.807) is 34.2 Å². The van der Waals surface area contributed by atoms with Gasteiger partial charge in [-0.3, -0.25) is 29.6 Å². The second-order valence-electron chi connectivity index (χ2n) is 17.2. The van der Waals surface area contributed by atoms with Gasteiger partial charge in [-0.05, 0) is 105 Å². The molecule has 4 aromatic rings. The quantitative estimate of drug-likeness (QED) is 0.239. The van der Waals surface area contributed by atoms with E-state index in [0.29, 0.717) is 60.0 Å². The van der Waals surface area contributed by atoms with Crippen molar-refractivity contribution in [2.45, 2.75) is 64.2 Å². The van der Waals surface area contributed by atoms with Crippen LogP contribution in [0.15, 0.2) is 66.9 Å². The first-order chi connectivity index (χ1) is 29.5. The number of benzene rings is 3. The summed E-state index contributed by atoms with van der Waals surface area (Å²) in [5.41, 5.74) is 5.78. The van der Waals surface area contributed by atoms with Gasteiger partial charge in [0.1, 0.15) is 17.9 Å². The first-order valence-electron chi connectivity index (χ1n) is 21.5. The van der Waals surface area contributed by atoms with Gasteiger partial charge in [-0.25, -0.2) is 9.18 Å². The zero-order valence-electron chi connectivity index (χ0n) is 34.6. The monoisotopic (exact) mass is 826 g/mol. The van der Waals surface area contributed by atoms with E-state index in [4.69, 9.17) is 0 Å². The van der Waals surface area contributed by atoms with Gasteiger partial charge in [-0.15, -0.1) is 0 Å². The summed E-state index contributed by atoms with van der Waals surface area (Å²) in [5.74, 6) is -0.673. The lowest BCUT2D eigenvalue weighted by atomic mass is 9.95. The molecule has 1 aromatic heterocycles. The number of carbonyl (C=O) groups excluding carboxylic acids is 4. The van der Waals surface area contributed by atoms with Gasteiger partial charge in [-0.1, -0.05) is 0 Å². The molecule has 61 heavy (non-hydrogen) atoms. The molecule has 0 unspecified atom stereocenters. The van der Waals surface area contributed by atoms with Crippen LogP contribution in [0.4, 0.5) is 31.9 Å². The van der Waals surface area contributed by atoms with Crippen LogP contribution in [0.3, 0.4) is 0 Å². The maximum atomic E-state index is 15.7. The molecular weight excluding hydrogens is 776 g/mol. The maximum Gasteiger partial charge on any atom is 0.322 e. The van der Waals surface area contributed by atoms with Crippen molar-refractivity contribution in [3.63, 3.8) is 0 Å². The number of urea groups is 1. The highest BCUT2D eigenvalue weighted by Gasteiger charge is 2.39. The summed E-state index contributed by atoms with van der Waals surface area (Å²) in [6, 6.07) is 19.8. The third-order valence-electron chi connectivity index (χ3n) is 13.3. The molecule has 0 bridgehead atoms. The van der Waals surface area contributed by atoms with Gasteiger partial charge < -0.3 is 29.8 Å². The molecule has 3 aromatic carbocycles. The number of nitrogens with zero attached hydrogens (tertiary/aromatic N) is 8. The Kier molecular flexibility index (Phi) is 11.0. The lowest BCUT2D eigenvalue weighted by Crippen LogP contribution is -2.59. The lowest BCUT2D eigenvalue weighted by Gasteiger charge is -2.45. The highest BCUT2D eigenvalue weighted by molar-refractivity contribution is 6.05. The number of nitriles is 1. The molecule has 2 N–H and O–H groups in total. The van der Waals surface area contributed by atoms with Crippen molar-refractivity contribution in [2.24, 2.45) is 5.92 Å². The van der Waals surface area contributed by atoms with Crippen LogP contribution in [0.1, 0.15) is 61.0 Å². The number of anilines is 4. The van der Waals surface area contributed by atoms with Gasteiger partial charge in [0.2, 0.25) is 11.8 Å². The van der Waals surface area contributed by atoms with Crippen molar-refractivity contribution in [2.75, 3.05) is 78.9 Å². The van der Waals surface area contributed by atoms with Crippen molar-refractivity contribution in [1.29, 1.82) is 5.26 Å². The summed E-state index contributed by atoms with van der Waals surface area (Å²) in [7, 11) is 0.